The van der Waals surface area contributed by atoms with Crippen molar-refractivity contribution in [3.05, 3.63) is 28.2 Å². The number of benzene rings is 1. The fraction of sp³-hybridized carbons (Fsp3) is 0.500. The van der Waals surface area contributed by atoms with E-state index in [1.165, 1.54) is 0 Å². The Morgan fingerprint density at radius 3 is 2.85 bits per heavy atom. The van der Waals surface area contributed by atoms with E-state index in [-0.39, 0.29) is 11.9 Å². The highest BCUT2D eigenvalue weighted by Crippen LogP contribution is 2.23. The monoisotopic (exact) mass is 342 g/mol. The number of hydrogen-bond donors (Lipinski definition) is 1. The molecule has 5 nitrogen and oxygen atoms in total. The molecule has 1 N–H and O–H groups in total. The summed E-state index contributed by atoms with van der Waals surface area (Å²) in [6.07, 6.45) is 0.768. The summed E-state index contributed by atoms with van der Waals surface area (Å²) < 4.78 is 6.20. The van der Waals surface area contributed by atoms with Crippen LogP contribution in [0.25, 0.3) is 0 Å². The number of nitrogens with zero attached hydrogens (tertiary/aromatic N) is 1. The fourth-order valence-corrected chi connectivity index (χ4v) is 2.80. The van der Waals surface area contributed by atoms with Crippen molar-refractivity contribution in [1.29, 1.82) is 0 Å². The Labute approximate surface area is 127 Å². The van der Waals surface area contributed by atoms with Crippen LogP contribution in [0.3, 0.4) is 0 Å². The highest BCUT2D eigenvalue weighted by atomic mass is 79.9. The Hall–Kier alpha value is -1.11. The first-order valence-corrected chi connectivity index (χ1v) is 7.44. The maximum atomic E-state index is 11.8. The van der Waals surface area contributed by atoms with E-state index in [0.29, 0.717) is 19.7 Å². The third kappa shape index (κ3) is 3.71. The molecular weight excluding hydrogens is 324 g/mol. The van der Waals surface area contributed by atoms with Crippen LogP contribution in [0.5, 0.6) is 5.75 Å². The molecule has 1 aromatic rings. The number of carbonyl (C=O) groups excluding carboxylic acids is 1. The molecule has 0 spiro atoms. The highest BCUT2D eigenvalue weighted by Gasteiger charge is 2.31. The molecule has 1 aromatic carbocycles. The molecule has 0 aromatic heterocycles. The molecule has 6 heteroatoms. The molecule has 1 atom stereocenters. The molecule has 1 aliphatic heterocycles. The Balaban J connectivity index is 2.15. The Morgan fingerprint density at radius 1 is 1.45 bits per heavy atom. The highest BCUT2D eigenvalue weighted by molar-refractivity contribution is 9.10. The predicted octanol–water partition coefficient (Wildman–Crippen LogP) is 2.10. The first-order chi connectivity index (χ1) is 9.63. The van der Waals surface area contributed by atoms with Gasteiger partial charge in [-0.25, -0.2) is 0 Å². The van der Waals surface area contributed by atoms with Crippen molar-refractivity contribution >= 4 is 21.8 Å². The minimum Gasteiger partial charge on any atom is -0.497 e. The normalized spacial score (nSPS) is 18.4. The standard InChI is InChI=1S/C14H19BrN2O3/c1-3-20-17(13-4-5-16-14(13)18)9-10-6-11(15)8-12(7-10)19-2/h6-8,13H,3-5,9H2,1-2H3,(H,16,18). The zero-order valence-electron chi connectivity index (χ0n) is 11.7. The number of hydroxylamine groups is 2. The van der Waals surface area contributed by atoms with Gasteiger partial charge in [0.1, 0.15) is 11.8 Å². The third-order valence-electron chi connectivity index (χ3n) is 3.17. The molecule has 1 aliphatic rings. The van der Waals surface area contributed by atoms with Gasteiger partial charge in [-0.3, -0.25) is 9.63 Å². The smallest absolute Gasteiger partial charge is 0.239 e. The van der Waals surface area contributed by atoms with E-state index in [0.717, 1.165) is 22.2 Å². The van der Waals surface area contributed by atoms with Crippen LogP contribution < -0.4 is 10.1 Å². The van der Waals surface area contributed by atoms with E-state index in [2.05, 4.69) is 21.2 Å². The molecule has 1 saturated heterocycles. The van der Waals surface area contributed by atoms with Crippen LogP contribution >= 0.6 is 15.9 Å². The summed E-state index contributed by atoms with van der Waals surface area (Å²) in [5, 5.41) is 4.59. The minimum atomic E-state index is -0.222. The molecule has 1 fully saturated rings. The molecule has 1 heterocycles. The molecule has 0 aliphatic carbocycles. The van der Waals surface area contributed by atoms with Crippen LogP contribution in [0.1, 0.15) is 18.9 Å². The van der Waals surface area contributed by atoms with Crippen molar-refractivity contribution in [3.8, 4) is 5.75 Å². The lowest BCUT2D eigenvalue weighted by molar-refractivity contribution is -0.190. The topological polar surface area (TPSA) is 50.8 Å². The summed E-state index contributed by atoms with van der Waals surface area (Å²) in [5.74, 6) is 0.808. The lowest BCUT2D eigenvalue weighted by atomic mass is 10.2. The summed E-state index contributed by atoms with van der Waals surface area (Å²) in [6, 6.07) is 5.63. The predicted molar refractivity (Wildman–Crippen MR) is 79.3 cm³/mol. The van der Waals surface area contributed by atoms with Crippen LogP contribution in [0.4, 0.5) is 0 Å². The molecule has 0 radical (unpaired) electrons. The van der Waals surface area contributed by atoms with Crippen molar-refractivity contribution in [1.82, 2.24) is 10.4 Å². The quantitative estimate of drug-likeness (QED) is 0.804. The number of hydrogen-bond acceptors (Lipinski definition) is 4. The van der Waals surface area contributed by atoms with Gasteiger partial charge in [-0.05, 0) is 37.1 Å². The number of nitrogens with one attached hydrogen (secondary N) is 1. The molecule has 1 unspecified atom stereocenters. The van der Waals surface area contributed by atoms with Crippen molar-refractivity contribution in [3.63, 3.8) is 0 Å². The number of halogens is 1. The van der Waals surface area contributed by atoms with Crippen LogP contribution in [-0.4, -0.2) is 37.3 Å². The molecule has 0 saturated carbocycles. The lowest BCUT2D eigenvalue weighted by Gasteiger charge is -2.25. The van der Waals surface area contributed by atoms with E-state index in [4.69, 9.17) is 9.57 Å². The van der Waals surface area contributed by atoms with E-state index in [1.807, 2.05) is 25.1 Å². The number of methoxy groups -OCH3 is 1. The zero-order valence-corrected chi connectivity index (χ0v) is 13.3. The average Bonchev–Trinajstić information content (AvgIpc) is 2.84. The van der Waals surface area contributed by atoms with Gasteiger partial charge >= 0.3 is 0 Å². The maximum Gasteiger partial charge on any atom is 0.239 e. The van der Waals surface area contributed by atoms with Gasteiger partial charge in [-0.15, -0.1) is 0 Å². The number of amides is 1. The molecule has 20 heavy (non-hydrogen) atoms. The van der Waals surface area contributed by atoms with Gasteiger partial charge in [0.2, 0.25) is 5.91 Å². The van der Waals surface area contributed by atoms with E-state index >= 15 is 0 Å². The lowest BCUT2D eigenvalue weighted by Crippen LogP contribution is -2.40. The molecule has 1 amide bonds. The Morgan fingerprint density at radius 2 is 2.25 bits per heavy atom. The van der Waals surface area contributed by atoms with Gasteiger partial charge in [-0.1, -0.05) is 15.9 Å². The van der Waals surface area contributed by atoms with E-state index < -0.39 is 0 Å². The van der Waals surface area contributed by atoms with Gasteiger partial charge in [-0.2, -0.15) is 5.06 Å². The van der Waals surface area contributed by atoms with Crippen molar-refractivity contribution in [2.24, 2.45) is 0 Å². The van der Waals surface area contributed by atoms with E-state index in [9.17, 15) is 4.79 Å². The van der Waals surface area contributed by atoms with Gasteiger partial charge in [0.25, 0.3) is 0 Å². The second-order valence-electron chi connectivity index (χ2n) is 4.59. The second kappa shape index (κ2) is 7.06. The molecule has 0 bridgehead atoms. The summed E-state index contributed by atoms with van der Waals surface area (Å²) in [4.78, 5) is 17.4. The largest absolute Gasteiger partial charge is 0.497 e. The first kappa shape index (κ1) is 15.3. The maximum absolute atomic E-state index is 11.8. The van der Waals surface area contributed by atoms with Crippen LogP contribution in [0.2, 0.25) is 0 Å². The van der Waals surface area contributed by atoms with Crippen LogP contribution in [0.15, 0.2) is 22.7 Å². The Bertz CT molecular complexity index is 481. The summed E-state index contributed by atoms with van der Waals surface area (Å²) in [6.45, 7) is 3.70. The third-order valence-corrected chi connectivity index (χ3v) is 3.63. The summed E-state index contributed by atoms with van der Waals surface area (Å²) >= 11 is 3.46. The Kier molecular flexibility index (Phi) is 5.39. The molecule has 2 rings (SSSR count). The van der Waals surface area contributed by atoms with Crippen molar-refractivity contribution < 1.29 is 14.4 Å². The van der Waals surface area contributed by atoms with Gasteiger partial charge in [0, 0.05) is 11.0 Å². The van der Waals surface area contributed by atoms with Crippen LogP contribution in [0, 0.1) is 0 Å². The second-order valence-corrected chi connectivity index (χ2v) is 5.50. The van der Waals surface area contributed by atoms with Gasteiger partial charge in [0.05, 0.1) is 20.3 Å². The first-order valence-electron chi connectivity index (χ1n) is 6.64. The number of ether oxygens (including phenoxy) is 1. The van der Waals surface area contributed by atoms with E-state index in [1.54, 1.807) is 12.2 Å². The van der Waals surface area contributed by atoms with Crippen LogP contribution in [-0.2, 0) is 16.2 Å². The number of rotatable bonds is 6. The summed E-state index contributed by atoms with van der Waals surface area (Å²) in [7, 11) is 1.64. The zero-order chi connectivity index (χ0) is 14.5. The SMILES string of the molecule is CCON(Cc1cc(Br)cc(OC)c1)C1CCNC1=O. The minimum absolute atomic E-state index is 0.0282. The summed E-state index contributed by atoms with van der Waals surface area (Å²) in [5.41, 5.74) is 1.03. The molecule has 110 valence electrons. The van der Waals surface area contributed by atoms with Gasteiger partial charge < -0.3 is 10.1 Å². The van der Waals surface area contributed by atoms with Gasteiger partial charge in [0.15, 0.2) is 0 Å². The molecular formula is C14H19BrN2O3. The number of carbonyl (C=O) groups is 1. The fourth-order valence-electron chi connectivity index (χ4n) is 2.28. The van der Waals surface area contributed by atoms with Crippen molar-refractivity contribution in [2.45, 2.75) is 25.9 Å². The van der Waals surface area contributed by atoms with Crippen molar-refractivity contribution in [2.75, 3.05) is 20.3 Å². The average molecular weight is 343 g/mol.